The van der Waals surface area contributed by atoms with E-state index in [-0.39, 0.29) is 22.9 Å². The monoisotopic (exact) mass is 317 g/mol. The summed E-state index contributed by atoms with van der Waals surface area (Å²) in [6.07, 6.45) is 2.12. The zero-order chi connectivity index (χ0) is 17.4. The van der Waals surface area contributed by atoms with Gasteiger partial charge in [0.1, 0.15) is 17.4 Å². The van der Waals surface area contributed by atoms with E-state index in [1.807, 2.05) is 19.9 Å². The van der Waals surface area contributed by atoms with Crippen molar-refractivity contribution in [2.24, 2.45) is 0 Å². The van der Waals surface area contributed by atoms with Crippen molar-refractivity contribution in [3.8, 4) is 11.8 Å². The molecule has 0 atom stereocenters. The zero-order valence-corrected chi connectivity index (χ0v) is 13.4. The van der Waals surface area contributed by atoms with Crippen molar-refractivity contribution in [1.82, 2.24) is 4.90 Å². The maximum Gasteiger partial charge on any atom is 0.273 e. The standard InChI is InChI=1S/C16H19N3O4/c1-4-6-18(5-2)16(20)13(11-17)7-12-8-14(19(21)22)10-15(9-12)23-3/h7-10H,4-6H2,1-3H3/b13-7+. The number of carbonyl (C=O) groups is 1. The summed E-state index contributed by atoms with van der Waals surface area (Å²) < 4.78 is 5.02. The first-order valence-electron chi connectivity index (χ1n) is 7.21. The Morgan fingerprint density at radius 2 is 2.13 bits per heavy atom. The van der Waals surface area contributed by atoms with Crippen molar-refractivity contribution < 1.29 is 14.5 Å². The van der Waals surface area contributed by atoms with Gasteiger partial charge in [0, 0.05) is 19.2 Å². The fraction of sp³-hybridized carbons (Fsp3) is 0.375. The Morgan fingerprint density at radius 1 is 1.43 bits per heavy atom. The second-order valence-electron chi connectivity index (χ2n) is 4.78. The van der Waals surface area contributed by atoms with Gasteiger partial charge in [-0.2, -0.15) is 5.26 Å². The van der Waals surface area contributed by atoms with Crippen LogP contribution in [0.4, 0.5) is 5.69 Å². The Hall–Kier alpha value is -2.88. The molecule has 0 heterocycles. The Kier molecular flexibility index (Phi) is 6.74. The second kappa shape index (κ2) is 8.54. The normalized spacial score (nSPS) is 10.8. The van der Waals surface area contributed by atoms with Gasteiger partial charge in [-0.25, -0.2) is 0 Å². The molecular formula is C16H19N3O4. The predicted molar refractivity (Wildman–Crippen MR) is 85.8 cm³/mol. The number of nitrogens with zero attached hydrogens (tertiary/aromatic N) is 3. The number of benzene rings is 1. The van der Waals surface area contributed by atoms with E-state index in [4.69, 9.17) is 4.74 Å². The largest absolute Gasteiger partial charge is 0.496 e. The van der Waals surface area contributed by atoms with Crippen LogP contribution < -0.4 is 4.74 Å². The van der Waals surface area contributed by atoms with Gasteiger partial charge in [-0.3, -0.25) is 14.9 Å². The van der Waals surface area contributed by atoms with E-state index in [0.29, 0.717) is 18.7 Å². The number of hydrogen-bond donors (Lipinski definition) is 0. The van der Waals surface area contributed by atoms with E-state index in [9.17, 15) is 20.2 Å². The third-order valence-electron chi connectivity index (χ3n) is 3.18. The molecule has 23 heavy (non-hydrogen) atoms. The first-order chi connectivity index (χ1) is 11.0. The smallest absolute Gasteiger partial charge is 0.273 e. The van der Waals surface area contributed by atoms with Crippen molar-refractivity contribution in [1.29, 1.82) is 5.26 Å². The van der Waals surface area contributed by atoms with Crippen molar-refractivity contribution in [2.45, 2.75) is 20.3 Å². The molecule has 0 saturated heterocycles. The molecule has 0 unspecified atom stereocenters. The van der Waals surface area contributed by atoms with Gasteiger partial charge in [-0.1, -0.05) is 6.92 Å². The molecule has 0 aliphatic carbocycles. The molecule has 1 rings (SSSR count). The van der Waals surface area contributed by atoms with Crippen molar-refractivity contribution in [3.05, 3.63) is 39.4 Å². The number of non-ortho nitro benzene ring substituents is 1. The van der Waals surface area contributed by atoms with Crippen LogP contribution in [0.25, 0.3) is 6.08 Å². The fourth-order valence-electron chi connectivity index (χ4n) is 2.06. The number of carbonyl (C=O) groups excluding carboxylic acids is 1. The summed E-state index contributed by atoms with van der Waals surface area (Å²) in [6.45, 7) is 4.81. The summed E-state index contributed by atoms with van der Waals surface area (Å²) in [5.74, 6) is -0.0987. The van der Waals surface area contributed by atoms with E-state index in [0.717, 1.165) is 6.42 Å². The molecule has 0 radical (unpaired) electrons. The van der Waals surface area contributed by atoms with Gasteiger partial charge in [-0.05, 0) is 31.1 Å². The number of hydrogen-bond acceptors (Lipinski definition) is 5. The number of nitro groups is 1. The van der Waals surface area contributed by atoms with Crippen LogP contribution in [0, 0.1) is 21.4 Å². The molecule has 1 aromatic rings. The van der Waals surface area contributed by atoms with Crippen LogP contribution in [0.1, 0.15) is 25.8 Å². The average Bonchev–Trinajstić information content (AvgIpc) is 2.56. The van der Waals surface area contributed by atoms with Gasteiger partial charge >= 0.3 is 0 Å². The number of ether oxygens (including phenoxy) is 1. The molecule has 0 fully saturated rings. The third-order valence-corrected chi connectivity index (χ3v) is 3.18. The van der Waals surface area contributed by atoms with Gasteiger partial charge < -0.3 is 9.64 Å². The molecule has 0 aromatic heterocycles. The molecule has 0 saturated carbocycles. The summed E-state index contributed by atoms with van der Waals surface area (Å²) in [6, 6.07) is 5.98. The molecule has 0 N–H and O–H groups in total. The maximum absolute atomic E-state index is 12.3. The maximum atomic E-state index is 12.3. The van der Waals surface area contributed by atoms with Gasteiger partial charge in [0.2, 0.25) is 0 Å². The Bertz CT molecular complexity index is 662. The van der Waals surface area contributed by atoms with E-state index in [1.165, 1.54) is 31.4 Å². The average molecular weight is 317 g/mol. The van der Waals surface area contributed by atoms with E-state index < -0.39 is 4.92 Å². The van der Waals surface area contributed by atoms with Gasteiger partial charge in [0.15, 0.2) is 0 Å². The highest BCUT2D eigenvalue weighted by molar-refractivity contribution is 6.01. The van der Waals surface area contributed by atoms with Gasteiger partial charge in [-0.15, -0.1) is 0 Å². The van der Waals surface area contributed by atoms with Gasteiger partial charge in [0.05, 0.1) is 18.1 Å². The van der Waals surface area contributed by atoms with E-state index in [1.54, 1.807) is 4.90 Å². The lowest BCUT2D eigenvalue weighted by Crippen LogP contribution is -2.32. The quantitative estimate of drug-likeness (QED) is 0.333. The van der Waals surface area contributed by atoms with Crippen LogP contribution in [0.15, 0.2) is 23.8 Å². The number of nitriles is 1. The summed E-state index contributed by atoms with van der Waals surface area (Å²) >= 11 is 0. The first-order valence-corrected chi connectivity index (χ1v) is 7.21. The minimum atomic E-state index is -0.552. The second-order valence-corrected chi connectivity index (χ2v) is 4.78. The fourth-order valence-corrected chi connectivity index (χ4v) is 2.06. The highest BCUT2D eigenvalue weighted by atomic mass is 16.6. The highest BCUT2D eigenvalue weighted by Crippen LogP contribution is 2.24. The molecule has 1 aromatic carbocycles. The molecule has 7 nitrogen and oxygen atoms in total. The lowest BCUT2D eigenvalue weighted by atomic mass is 10.1. The predicted octanol–water partition coefficient (Wildman–Crippen LogP) is 2.77. The number of nitro benzene ring substituents is 1. The molecule has 0 bridgehead atoms. The molecule has 0 aliphatic rings. The topological polar surface area (TPSA) is 96.5 Å². The van der Waals surface area contributed by atoms with Crippen LogP contribution in [0.5, 0.6) is 5.75 Å². The lowest BCUT2D eigenvalue weighted by Gasteiger charge is -2.19. The number of amides is 1. The highest BCUT2D eigenvalue weighted by Gasteiger charge is 2.17. The first kappa shape index (κ1) is 18.2. The molecule has 7 heteroatoms. The number of likely N-dealkylation sites (N-methyl/N-ethyl adjacent to an activating group) is 1. The van der Waals surface area contributed by atoms with Crippen LogP contribution in [0.2, 0.25) is 0 Å². The minimum absolute atomic E-state index is 0.0668. The Labute approximate surface area is 134 Å². The summed E-state index contributed by atoms with van der Waals surface area (Å²) in [4.78, 5) is 24.3. The molecule has 0 spiro atoms. The summed E-state index contributed by atoms with van der Waals surface area (Å²) in [5.41, 5.74) is 0.137. The lowest BCUT2D eigenvalue weighted by molar-refractivity contribution is -0.384. The molecule has 0 aliphatic heterocycles. The Morgan fingerprint density at radius 3 is 2.61 bits per heavy atom. The van der Waals surface area contributed by atoms with Crippen LogP contribution in [-0.2, 0) is 4.79 Å². The van der Waals surface area contributed by atoms with E-state index >= 15 is 0 Å². The molecular weight excluding hydrogens is 298 g/mol. The third kappa shape index (κ3) is 4.81. The van der Waals surface area contributed by atoms with Crippen molar-refractivity contribution in [2.75, 3.05) is 20.2 Å². The molecule has 1 amide bonds. The minimum Gasteiger partial charge on any atom is -0.496 e. The number of methoxy groups -OCH3 is 1. The zero-order valence-electron chi connectivity index (χ0n) is 13.4. The number of rotatable bonds is 7. The van der Waals surface area contributed by atoms with Crippen LogP contribution in [-0.4, -0.2) is 35.9 Å². The SMILES string of the molecule is CCCN(CC)C(=O)/C(C#N)=C/c1cc(OC)cc([N+](=O)[O-])c1. The Balaban J connectivity index is 3.25. The molecule has 122 valence electrons. The van der Waals surface area contributed by atoms with Crippen LogP contribution >= 0.6 is 0 Å². The summed E-state index contributed by atoms with van der Waals surface area (Å²) in [5, 5.41) is 20.2. The summed E-state index contributed by atoms with van der Waals surface area (Å²) in [7, 11) is 1.39. The van der Waals surface area contributed by atoms with Crippen molar-refractivity contribution in [3.63, 3.8) is 0 Å². The van der Waals surface area contributed by atoms with E-state index in [2.05, 4.69) is 0 Å². The van der Waals surface area contributed by atoms with Gasteiger partial charge in [0.25, 0.3) is 11.6 Å². The van der Waals surface area contributed by atoms with Crippen LogP contribution in [0.3, 0.4) is 0 Å². The van der Waals surface area contributed by atoms with Crippen molar-refractivity contribution >= 4 is 17.7 Å².